The highest BCUT2D eigenvalue weighted by atomic mass is 16.5. The molecule has 2 saturated carbocycles. The first-order valence-corrected chi connectivity index (χ1v) is 11.4. The van der Waals surface area contributed by atoms with Crippen LogP contribution in [-0.2, 0) is 9.59 Å². The van der Waals surface area contributed by atoms with Crippen molar-refractivity contribution in [1.29, 1.82) is 0 Å². The van der Waals surface area contributed by atoms with E-state index in [-0.39, 0.29) is 47.9 Å². The van der Waals surface area contributed by atoms with Crippen LogP contribution in [0.15, 0.2) is 48.7 Å². The maximum Gasteiger partial charge on any atom is 0.239 e. The summed E-state index contributed by atoms with van der Waals surface area (Å²) in [6, 6.07) is 8.12. The molecule has 0 spiro atoms. The lowest BCUT2D eigenvalue weighted by atomic mass is 9.63. The molecule has 8 heteroatoms. The number of amides is 2. The minimum absolute atomic E-state index is 0.149. The van der Waals surface area contributed by atoms with Gasteiger partial charge in [0.2, 0.25) is 11.8 Å². The largest absolute Gasteiger partial charge is 0.493 e. The van der Waals surface area contributed by atoms with Crippen molar-refractivity contribution in [3.63, 3.8) is 0 Å². The van der Waals surface area contributed by atoms with Crippen LogP contribution >= 0.6 is 0 Å². The van der Waals surface area contributed by atoms with Crippen molar-refractivity contribution >= 4 is 23.4 Å². The van der Waals surface area contributed by atoms with Crippen LogP contribution in [-0.4, -0.2) is 43.4 Å². The summed E-state index contributed by atoms with van der Waals surface area (Å²) in [6.45, 7) is -0.194. The van der Waals surface area contributed by atoms with Crippen LogP contribution < -0.4 is 19.1 Å². The minimum atomic E-state index is -0.261. The fourth-order valence-electron chi connectivity index (χ4n) is 6.01. The third-order valence-electron chi connectivity index (χ3n) is 7.69. The van der Waals surface area contributed by atoms with E-state index in [1.807, 2.05) is 0 Å². The Morgan fingerprint density at radius 1 is 0.971 bits per heavy atom. The van der Waals surface area contributed by atoms with Crippen LogP contribution in [0.2, 0.25) is 0 Å². The summed E-state index contributed by atoms with van der Waals surface area (Å²) in [5.41, 5.74) is 0.430. The smallest absolute Gasteiger partial charge is 0.239 e. The molecule has 0 N–H and O–H groups in total. The number of Topliss-reactive ketones (excluding diaryl/α,β-unsaturated/α-hetero) is 1. The molecule has 174 valence electrons. The van der Waals surface area contributed by atoms with Gasteiger partial charge in [-0.2, -0.15) is 0 Å². The molecule has 34 heavy (non-hydrogen) atoms. The van der Waals surface area contributed by atoms with Crippen molar-refractivity contribution in [2.75, 3.05) is 25.7 Å². The van der Waals surface area contributed by atoms with Crippen molar-refractivity contribution in [3.05, 3.63) is 54.2 Å². The number of benzene rings is 1. The quantitative estimate of drug-likeness (QED) is 0.356. The third-order valence-corrected chi connectivity index (χ3v) is 7.69. The summed E-state index contributed by atoms with van der Waals surface area (Å²) in [5.74, 6) is 2.07. The number of pyridine rings is 1. The Morgan fingerprint density at radius 3 is 2.24 bits per heavy atom. The number of ketones is 1. The molecule has 0 radical (unpaired) electrons. The van der Waals surface area contributed by atoms with Crippen molar-refractivity contribution in [1.82, 2.24) is 4.98 Å². The molecule has 6 atom stereocenters. The number of methoxy groups -OCH3 is 2. The molecule has 1 aliphatic heterocycles. The first-order chi connectivity index (χ1) is 16.5. The number of aromatic nitrogens is 1. The molecule has 1 aromatic carbocycles. The molecule has 5 aliphatic rings. The average molecular weight is 460 g/mol. The van der Waals surface area contributed by atoms with E-state index in [0.717, 1.165) is 6.42 Å². The number of allylic oxidation sites excluding steroid dienone is 2. The van der Waals surface area contributed by atoms with Gasteiger partial charge in [-0.05, 0) is 60.4 Å². The lowest BCUT2D eigenvalue weighted by Crippen LogP contribution is -2.40. The molecule has 8 nitrogen and oxygen atoms in total. The zero-order chi connectivity index (χ0) is 23.6. The van der Waals surface area contributed by atoms with E-state index in [1.165, 1.54) is 25.3 Å². The highest BCUT2D eigenvalue weighted by molar-refractivity contribution is 6.22. The van der Waals surface area contributed by atoms with E-state index in [9.17, 15) is 14.4 Å². The second kappa shape index (κ2) is 7.68. The molecule has 1 aromatic heterocycles. The van der Waals surface area contributed by atoms with E-state index in [2.05, 4.69) is 17.1 Å². The number of anilines is 1. The second-order valence-corrected chi connectivity index (χ2v) is 9.30. The second-order valence-electron chi connectivity index (χ2n) is 9.30. The summed E-state index contributed by atoms with van der Waals surface area (Å²) >= 11 is 0. The molecule has 2 aromatic rings. The number of imide groups is 1. The molecule has 2 bridgehead atoms. The predicted molar refractivity (Wildman–Crippen MR) is 121 cm³/mol. The molecule has 3 fully saturated rings. The van der Waals surface area contributed by atoms with Gasteiger partial charge in [0.1, 0.15) is 11.6 Å². The van der Waals surface area contributed by atoms with Crippen LogP contribution in [0, 0.1) is 35.5 Å². The van der Waals surface area contributed by atoms with Gasteiger partial charge in [-0.15, -0.1) is 0 Å². The van der Waals surface area contributed by atoms with Crippen molar-refractivity contribution in [3.8, 4) is 17.2 Å². The van der Waals surface area contributed by atoms with Crippen molar-refractivity contribution in [2.24, 2.45) is 35.5 Å². The van der Waals surface area contributed by atoms with Crippen molar-refractivity contribution < 1.29 is 28.6 Å². The topological polar surface area (TPSA) is 95.0 Å². The maximum atomic E-state index is 13.2. The third kappa shape index (κ3) is 3.04. The Labute approximate surface area is 196 Å². The van der Waals surface area contributed by atoms with E-state index in [0.29, 0.717) is 40.5 Å². The van der Waals surface area contributed by atoms with Crippen LogP contribution in [0.5, 0.6) is 17.2 Å². The number of rotatable bonds is 7. The fraction of sp³-hybridized carbons (Fsp3) is 0.385. The predicted octanol–water partition coefficient (Wildman–Crippen LogP) is 2.92. The molecule has 1 saturated heterocycles. The van der Waals surface area contributed by atoms with Gasteiger partial charge in [-0.1, -0.05) is 12.2 Å². The SMILES string of the molecule is COc1ccc(C(=O)COc2ccc(N3C(=O)C4C5C=CC(C6CC56)C4C3=O)nc2)cc1OC. The van der Waals surface area contributed by atoms with Gasteiger partial charge in [0, 0.05) is 5.56 Å². The van der Waals surface area contributed by atoms with Gasteiger partial charge >= 0.3 is 0 Å². The van der Waals surface area contributed by atoms with Gasteiger partial charge in [-0.25, -0.2) is 9.88 Å². The number of carbonyl (C=O) groups is 3. The summed E-state index contributed by atoms with van der Waals surface area (Å²) in [5, 5.41) is 0. The van der Waals surface area contributed by atoms with Gasteiger partial charge in [0.15, 0.2) is 23.9 Å². The first kappa shape index (κ1) is 20.9. The monoisotopic (exact) mass is 460 g/mol. The Kier molecular flexibility index (Phi) is 4.72. The number of nitrogens with zero attached hydrogens (tertiary/aromatic N) is 2. The number of ether oxygens (including phenoxy) is 3. The zero-order valence-electron chi connectivity index (χ0n) is 18.8. The van der Waals surface area contributed by atoms with E-state index >= 15 is 0 Å². The Balaban J connectivity index is 1.13. The standard InChI is InChI=1S/C26H24N2O6/c1-32-20-7-3-13(9-21(20)33-2)19(29)12-34-14-4-8-22(27-11-14)28-25(30)23-15-5-6-16(18-10-17(15)18)24(23)26(28)31/h3-9,11,15-18,23-24H,10,12H2,1-2H3. The molecule has 6 unspecified atom stereocenters. The highest BCUT2D eigenvalue weighted by Gasteiger charge is 2.67. The maximum absolute atomic E-state index is 13.2. The van der Waals surface area contributed by atoms with Crippen LogP contribution in [0.3, 0.4) is 0 Å². The lowest BCUT2D eigenvalue weighted by molar-refractivity contribution is -0.124. The van der Waals surface area contributed by atoms with Crippen LogP contribution in [0.25, 0.3) is 0 Å². The number of hydrogen-bond acceptors (Lipinski definition) is 7. The molecule has 2 heterocycles. The van der Waals surface area contributed by atoms with E-state index in [1.54, 1.807) is 30.3 Å². The Hall–Kier alpha value is -3.68. The summed E-state index contributed by atoms with van der Waals surface area (Å²) in [6.07, 6.45) is 6.86. The summed E-state index contributed by atoms with van der Waals surface area (Å²) in [7, 11) is 3.03. The molecular weight excluding hydrogens is 436 g/mol. The zero-order valence-corrected chi connectivity index (χ0v) is 18.8. The van der Waals surface area contributed by atoms with E-state index in [4.69, 9.17) is 14.2 Å². The molecule has 4 aliphatic carbocycles. The Bertz CT molecular complexity index is 1190. The minimum Gasteiger partial charge on any atom is -0.493 e. The first-order valence-electron chi connectivity index (χ1n) is 11.4. The summed E-state index contributed by atoms with van der Waals surface area (Å²) < 4.78 is 16.0. The summed E-state index contributed by atoms with van der Waals surface area (Å²) in [4.78, 5) is 44.5. The fourth-order valence-corrected chi connectivity index (χ4v) is 6.01. The molecule has 2 amide bonds. The van der Waals surface area contributed by atoms with Crippen molar-refractivity contribution in [2.45, 2.75) is 6.42 Å². The van der Waals surface area contributed by atoms with Gasteiger partial charge in [0.05, 0.1) is 32.3 Å². The van der Waals surface area contributed by atoms with E-state index < -0.39 is 0 Å². The van der Waals surface area contributed by atoms with Crippen LogP contribution in [0.4, 0.5) is 5.82 Å². The normalized spacial score (nSPS) is 30.1. The van der Waals surface area contributed by atoms with Gasteiger partial charge in [-0.3, -0.25) is 14.4 Å². The molecule has 7 rings (SSSR count). The highest BCUT2D eigenvalue weighted by Crippen LogP contribution is 2.65. The Morgan fingerprint density at radius 2 is 1.65 bits per heavy atom. The average Bonchev–Trinajstić information content (AvgIpc) is 3.65. The van der Waals surface area contributed by atoms with Crippen LogP contribution in [0.1, 0.15) is 16.8 Å². The van der Waals surface area contributed by atoms with Gasteiger partial charge < -0.3 is 14.2 Å². The lowest BCUT2D eigenvalue weighted by Gasteiger charge is -2.37. The molecular formula is C26H24N2O6. The number of hydrogen-bond donors (Lipinski definition) is 0. The van der Waals surface area contributed by atoms with Gasteiger partial charge in [0.25, 0.3) is 0 Å². The number of carbonyl (C=O) groups excluding carboxylic acids is 3.